The molecule has 0 amide bonds. The van der Waals surface area contributed by atoms with Crippen LogP contribution in [0.15, 0.2) is 36.7 Å². The molecule has 0 aliphatic carbocycles. The van der Waals surface area contributed by atoms with Crippen LogP contribution in [0.3, 0.4) is 0 Å². The Bertz CT molecular complexity index is 689. The zero-order valence-corrected chi connectivity index (χ0v) is 13.6. The molecule has 1 atom stereocenters. The third-order valence-corrected chi connectivity index (χ3v) is 4.64. The molecule has 0 saturated carbocycles. The van der Waals surface area contributed by atoms with Crippen LogP contribution in [0.4, 0.5) is 11.6 Å². The molecule has 126 valence electrons. The van der Waals surface area contributed by atoms with Crippen LogP contribution in [0.1, 0.15) is 31.1 Å². The van der Waals surface area contributed by atoms with Gasteiger partial charge in [0.2, 0.25) is 0 Å². The Balaban J connectivity index is 1.61. The number of aliphatic hydroxyl groups excluding tert-OH is 1. The highest BCUT2D eigenvalue weighted by molar-refractivity contribution is 5.64. The second-order valence-corrected chi connectivity index (χ2v) is 6.25. The number of rotatable bonds is 3. The number of aliphatic hydroxyl groups is 1. The zero-order valence-electron chi connectivity index (χ0n) is 13.6. The molecule has 2 aliphatic heterocycles. The fourth-order valence-corrected chi connectivity index (χ4v) is 3.37. The highest BCUT2D eigenvalue weighted by atomic mass is 16.5. The maximum atomic E-state index is 10.6. The van der Waals surface area contributed by atoms with Gasteiger partial charge in [0.25, 0.3) is 0 Å². The van der Waals surface area contributed by atoms with Crippen molar-refractivity contribution < 1.29 is 9.84 Å². The highest BCUT2D eigenvalue weighted by Gasteiger charge is 2.25. The Morgan fingerprint density at radius 3 is 2.75 bits per heavy atom. The van der Waals surface area contributed by atoms with Crippen LogP contribution in [0.5, 0.6) is 5.75 Å². The van der Waals surface area contributed by atoms with E-state index in [0.29, 0.717) is 18.9 Å². The topological polar surface area (TPSA) is 61.7 Å². The minimum atomic E-state index is -0.614. The van der Waals surface area contributed by atoms with Gasteiger partial charge in [0.05, 0.1) is 6.54 Å². The molecule has 0 radical (unpaired) electrons. The van der Waals surface area contributed by atoms with E-state index in [-0.39, 0.29) is 0 Å². The van der Waals surface area contributed by atoms with E-state index in [1.54, 1.807) is 12.4 Å². The van der Waals surface area contributed by atoms with Gasteiger partial charge in [0.1, 0.15) is 18.7 Å². The van der Waals surface area contributed by atoms with E-state index >= 15 is 0 Å². The molecule has 6 nitrogen and oxygen atoms in total. The van der Waals surface area contributed by atoms with Crippen LogP contribution in [-0.2, 0) is 0 Å². The first-order valence-electron chi connectivity index (χ1n) is 8.56. The first-order valence-corrected chi connectivity index (χ1v) is 8.56. The van der Waals surface area contributed by atoms with Crippen molar-refractivity contribution in [3.63, 3.8) is 0 Å². The van der Waals surface area contributed by atoms with Gasteiger partial charge in [-0.3, -0.25) is 4.90 Å². The fraction of sp³-hybridized carbons (Fsp3) is 0.444. The summed E-state index contributed by atoms with van der Waals surface area (Å²) in [7, 11) is 0. The summed E-state index contributed by atoms with van der Waals surface area (Å²) in [4.78, 5) is 13.1. The third-order valence-electron chi connectivity index (χ3n) is 4.64. The third kappa shape index (κ3) is 2.95. The van der Waals surface area contributed by atoms with Crippen LogP contribution in [0.25, 0.3) is 0 Å². The van der Waals surface area contributed by atoms with E-state index in [1.165, 1.54) is 6.42 Å². The number of piperidine rings is 1. The van der Waals surface area contributed by atoms with Crippen molar-refractivity contribution in [1.82, 2.24) is 14.9 Å². The molecule has 1 fully saturated rings. The molecule has 4 rings (SSSR count). The Hall–Kier alpha value is -2.18. The van der Waals surface area contributed by atoms with Gasteiger partial charge >= 0.3 is 0 Å². The molecule has 2 aromatic heterocycles. The number of hydrogen-bond acceptors (Lipinski definition) is 6. The summed E-state index contributed by atoms with van der Waals surface area (Å²) >= 11 is 0. The minimum absolute atomic E-state index is 0.578. The Kier molecular flexibility index (Phi) is 4.32. The molecule has 0 spiro atoms. The van der Waals surface area contributed by atoms with Crippen molar-refractivity contribution in [1.29, 1.82) is 0 Å². The van der Waals surface area contributed by atoms with Crippen LogP contribution in [-0.4, -0.2) is 46.2 Å². The molecule has 0 aromatic carbocycles. The van der Waals surface area contributed by atoms with E-state index < -0.39 is 6.23 Å². The number of anilines is 2. The van der Waals surface area contributed by atoms with Crippen LogP contribution >= 0.6 is 0 Å². The lowest BCUT2D eigenvalue weighted by Gasteiger charge is -2.33. The number of likely N-dealkylation sites (tertiary alicyclic amines) is 1. The van der Waals surface area contributed by atoms with Crippen LogP contribution in [0, 0.1) is 0 Å². The summed E-state index contributed by atoms with van der Waals surface area (Å²) in [6.07, 6.45) is 6.44. The lowest BCUT2D eigenvalue weighted by molar-refractivity contribution is -0.0102. The van der Waals surface area contributed by atoms with Crippen LogP contribution in [0.2, 0.25) is 0 Å². The predicted octanol–water partition coefficient (Wildman–Crippen LogP) is 2.48. The summed E-state index contributed by atoms with van der Waals surface area (Å²) in [6, 6.07) is 7.74. The van der Waals surface area contributed by atoms with Gasteiger partial charge in [0.15, 0.2) is 11.6 Å². The minimum Gasteiger partial charge on any atom is -0.488 e. The molecule has 1 unspecified atom stereocenters. The maximum Gasteiger partial charge on any atom is 0.177 e. The van der Waals surface area contributed by atoms with Crippen molar-refractivity contribution in [2.45, 2.75) is 25.5 Å². The van der Waals surface area contributed by atoms with Gasteiger partial charge in [-0.15, -0.1) is 0 Å². The number of ether oxygens (including phenoxy) is 1. The molecule has 1 N–H and O–H groups in total. The van der Waals surface area contributed by atoms with E-state index in [2.05, 4.69) is 19.8 Å². The van der Waals surface area contributed by atoms with Crippen molar-refractivity contribution in [2.75, 3.05) is 31.1 Å². The normalized spacial score (nSPS) is 19.5. The summed E-state index contributed by atoms with van der Waals surface area (Å²) in [6.45, 7) is 3.15. The SMILES string of the molecule is OC(c1cnc2c(c1)OCCN2c1ccccn1)N1CCCCC1. The summed E-state index contributed by atoms with van der Waals surface area (Å²) in [5, 5.41) is 10.6. The smallest absolute Gasteiger partial charge is 0.177 e. The Morgan fingerprint density at radius 1 is 1.08 bits per heavy atom. The molecule has 4 heterocycles. The van der Waals surface area contributed by atoms with E-state index in [9.17, 15) is 5.11 Å². The molecule has 2 aromatic rings. The lowest BCUT2D eigenvalue weighted by atomic mass is 10.1. The first-order chi connectivity index (χ1) is 11.8. The molecule has 2 aliphatic rings. The molecular weight excluding hydrogens is 304 g/mol. The largest absolute Gasteiger partial charge is 0.488 e. The number of fused-ring (bicyclic) bond motifs is 1. The number of pyridine rings is 2. The number of nitrogens with zero attached hydrogens (tertiary/aromatic N) is 4. The van der Waals surface area contributed by atoms with E-state index in [4.69, 9.17) is 4.74 Å². The second-order valence-electron chi connectivity index (χ2n) is 6.25. The van der Waals surface area contributed by atoms with E-state index in [0.717, 1.165) is 43.1 Å². The lowest BCUT2D eigenvalue weighted by Crippen LogP contribution is -2.34. The number of aromatic nitrogens is 2. The average Bonchev–Trinajstić information content (AvgIpc) is 2.68. The Morgan fingerprint density at radius 2 is 1.96 bits per heavy atom. The fourth-order valence-electron chi connectivity index (χ4n) is 3.37. The van der Waals surface area contributed by atoms with Gasteiger partial charge in [-0.2, -0.15) is 0 Å². The summed E-state index contributed by atoms with van der Waals surface area (Å²) in [5.41, 5.74) is 0.790. The van der Waals surface area contributed by atoms with Crippen molar-refractivity contribution in [3.05, 3.63) is 42.2 Å². The maximum absolute atomic E-state index is 10.6. The Labute approximate surface area is 141 Å². The summed E-state index contributed by atoms with van der Waals surface area (Å²) < 4.78 is 5.79. The van der Waals surface area contributed by atoms with Gasteiger partial charge in [-0.1, -0.05) is 12.5 Å². The molecular formula is C18H22N4O2. The predicted molar refractivity (Wildman–Crippen MR) is 91.4 cm³/mol. The van der Waals surface area contributed by atoms with Crippen LogP contribution < -0.4 is 9.64 Å². The highest BCUT2D eigenvalue weighted by Crippen LogP contribution is 2.36. The standard InChI is InChI=1S/C18H22N4O2/c23-18(21-8-4-1-5-9-21)14-12-15-17(20-13-14)22(10-11-24-15)16-6-2-3-7-19-16/h2-3,6-7,12-13,18,23H,1,4-5,8-11H2. The van der Waals surface area contributed by atoms with Gasteiger partial charge in [0, 0.05) is 31.0 Å². The number of hydrogen-bond donors (Lipinski definition) is 1. The zero-order chi connectivity index (χ0) is 16.4. The average molecular weight is 326 g/mol. The quantitative estimate of drug-likeness (QED) is 0.935. The monoisotopic (exact) mass is 326 g/mol. The van der Waals surface area contributed by atoms with Crippen molar-refractivity contribution in [3.8, 4) is 5.75 Å². The molecule has 6 heteroatoms. The van der Waals surface area contributed by atoms with Gasteiger partial charge in [-0.05, 0) is 31.0 Å². The molecule has 1 saturated heterocycles. The summed E-state index contributed by atoms with van der Waals surface area (Å²) in [5.74, 6) is 2.33. The molecule has 0 bridgehead atoms. The second kappa shape index (κ2) is 6.75. The van der Waals surface area contributed by atoms with Gasteiger partial charge < -0.3 is 14.7 Å². The van der Waals surface area contributed by atoms with E-state index in [1.807, 2.05) is 24.3 Å². The van der Waals surface area contributed by atoms with Crippen molar-refractivity contribution >= 4 is 11.6 Å². The van der Waals surface area contributed by atoms with Gasteiger partial charge in [-0.25, -0.2) is 9.97 Å². The first kappa shape index (κ1) is 15.4. The van der Waals surface area contributed by atoms with Crippen molar-refractivity contribution in [2.24, 2.45) is 0 Å². The molecule has 24 heavy (non-hydrogen) atoms.